The van der Waals surface area contributed by atoms with E-state index in [1.54, 1.807) is 13.2 Å². The Morgan fingerprint density at radius 2 is 1.87 bits per heavy atom. The lowest BCUT2D eigenvalue weighted by Crippen LogP contribution is -2.31. The van der Waals surface area contributed by atoms with E-state index >= 15 is 0 Å². The molecule has 0 unspecified atom stereocenters. The second-order valence-corrected chi connectivity index (χ2v) is 6.47. The van der Waals surface area contributed by atoms with Crippen molar-refractivity contribution in [3.63, 3.8) is 0 Å². The lowest BCUT2D eigenvalue weighted by molar-refractivity contribution is -0.141. The van der Waals surface area contributed by atoms with Crippen molar-refractivity contribution in [2.24, 2.45) is 0 Å². The standard InChI is InChI=1S/C21H20F3N3O4/c1-30-17-9-5-2-6-14(17)10-11-25-19(29)13-31-20-12-18(21(22,23)24)26-27(20)15-7-3-4-8-16(15)28/h2-9,12,28H,10-11,13H2,1H3,(H,25,29). The molecule has 0 fully saturated rings. The number of ether oxygens (including phenoxy) is 2. The molecule has 2 N–H and O–H groups in total. The van der Waals surface area contributed by atoms with Crippen molar-refractivity contribution < 1.29 is 32.5 Å². The molecular weight excluding hydrogens is 415 g/mol. The van der Waals surface area contributed by atoms with Crippen LogP contribution in [-0.2, 0) is 17.4 Å². The van der Waals surface area contributed by atoms with E-state index in [0.717, 1.165) is 10.2 Å². The summed E-state index contributed by atoms with van der Waals surface area (Å²) in [5, 5.41) is 16.1. The third kappa shape index (κ3) is 5.47. The first-order valence-electron chi connectivity index (χ1n) is 9.26. The molecule has 3 aromatic rings. The van der Waals surface area contributed by atoms with Gasteiger partial charge >= 0.3 is 6.18 Å². The van der Waals surface area contributed by atoms with Crippen molar-refractivity contribution in [1.82, 2.24) is 15.1 Å². The van der Waals surface area contributed by atoms with Crippen LogP contribution in [-0.4, -0.2) is 41.1 Å². The number of methoxy groups -OCH3 is 1. The van der Waals surface area contributed by atoms with Crippen molar-refractivity contribution in [1.29, 1.82) is 0 Å². The molecule has 0 saturated carbocycles. The van der Waals surface area contributed by atoms with Crippen molar-refractivity contribution >= 4 is 5.91 Å². The minimum Gasteiger partial charge on any atom is -0.506 e. The third-order valence-electron chi connectivity index (χ3n) is 4.34. The molecule has 3 rings (SSSR count). The molecule has 0 radical (unpaired) electrons. The summed E-state index contributed by atoms with van der Waals surface area (Å²) in [4.78, 5) is 12.1. The van der Waals surface area contributed by atoms with Gasteiger partial charge in [-0.05, 0) is 30.2 Å². The Morgan fingerprint density at radius 1 is 1.16 bits per heavy atom. The van der Waals surface area contributed by atoms with E-state index in [9.17, 15) is 23.1 Å². The van der Waals surface area contributed by atoms with Crippen LogP contribution in [0.4, 0.5) is 13.2 Å². The normalized spacial score (nSPS) is 11.2. The number of phenolic OH excluding ortho intramolecular Hbond substituents is 1. The molecule has 0 aliphatic rings. The van der Waals surface area contributed by atoms with Gasteiger partial charge < -0.3 is 19.9 Å². The Balaban J connectivity index is 1.66. The van der Waals surface area contributed by atoms with E-state index in [0.29, 0.717) is 18.2 Å². The zero-order valence-corrected chi connectivity index (χ0v) is 16.5. The van der Waals surface area contributed by atoms with Crippen molar-refractivity contribution in [2.45, 2.75) is 12.6 Å². The minimum absolute atomic E-state index is 0.00965. The number of halogens is 3. The topological polar surface area (TPSA) is 85.6 Å². The number of hydrogen-bond acceptors (Lipinski definition) is 5. The summed E-state index contributed by atoms with van der Waals surface area (Å²) in [5.41, 5.74) is -0.314. The van der Waals surface area contributed by atoms with Gasteiger partial charge in [-0.1, -0.05) is 30.3 Å². The molecule has 0 saturated heterocycles. The van der Waals surface area contributed by atoms with E-state index in [1.165, 1.54) is 24.3 Å². The summed E-state index contributed by atoms with van der Waals surface area (Å²) in [6.45, 7) is -0.238. The number of para-hydroxylation sites is 3. The average molecular weight is 435 g/mol. The SMILES string of the molecule is COc1ccccc1CCNC(=O)COc1cc(C(F)(F)F)nn1-c1ccccc1O. The molecule has 1 aromatic heterocycles. The quantitative estimate of drug-likeness (QED) is 0.567. The summed E-state index contributed by atoms with van der Waals surface area (Å²) < 4.78 is 50.6. The predicted octanol–water partition coefficient (Wildman–Crippen LogP) is 3.34. The Kier molecular flexibility index (Phi) is 6.68. The Hall–Kier alpha value is -3.69. The third-order valence-corrected chi connectivity index (χ3v) is 4.34. The maximum Gasteiger partial charge on any atom is 0.435 e. The number of hydrogen-bond donors (Lipinski definition) is 2. The number of rotatable bonds is 8. The molecule has 1 amide bonds. The van der Waals surface area contributed by atoms with E-state index in [2.05, 4.69) is 10.4 Å². The number of nitrogens with zero attached hydrogens (tertiary/aromatic N) is 2. The monoisotopic (exact) mass is 435 g/mol. The van der Waals surface area contributed by atoms with Gasteiger partial charge in [-0.15, -0.1) is 0 Å². The van der Waals surface area contributed by atoms with Crippen molar-refractivity contribution in [3.05, 3.63) is 65.9 Å². The van der Waals surface area contributed by atoms with Gasteiger partial charge in [0.25, 0.3) is 5.91 Å². The second kappa shape index (κ2) is 9.41. The molecule has 31 heavy (non-hydrogen) atoms. The van der Waals surface area contributed by atoms with Gasteiger partial charge in [0.1, 0.15) is 17.2 Å². The fourth-order valence-corrected chi connectivity index (χ4v) is 2.86. The highest BCUT2D eigenvalue weighted by atomic mass is 19.4. The first-order chi connectivity index (χ1) is 14.8. The lowest BCUT2D eigenvalue weighted by atomic mass is 10.1. The molecule has 164 valence electrons. The number of carbonyl (C=O) groups is 1. The molecule has 0 spiro atoms. The molecule has 0 atom stereocenters. The summed E-state index contributed by atoms with van der Waals surface area (Å²) in [6, 6.07) is 13.7. The number of carbonyl (C=O) groups excluding carboxylic acids is 1. The number of alkyl halides is 3. The van der Waals surface area contributed by atoms with E-state index in [1.807, 2.05) is 18.2 Å². The molecule has 10 heteroatoms. The van der Waals surface area contributed by atoms with Gasteiger partial charge in [0.2, 0.25) is 5.88 Å². The van der Waals surface area contributed by atoms with Gasteiger partial charge in [0, 0.05) is 12.6 Å². The smallest absolute Gasteiger partial charge is 0.435 e. The highest BCUT2D eigenvalue weighted by Gasteiger charge is 2.36. The van der Waals surface area contributed by atoms with Gasteiger partial charge in [-0.2, -0.15) is 23.0 Å². The largest absolute Gasteiger partial charge is 0.506 e. The average Bonchev–Trinajstić information content (AvgIpc) is 3.17. The zero-order chi connectivity index (χ0) is 22.4. The molecule has 7 nitrogen and oxygen atoms in total. The Morgan fingerprint density at radius 3 is 2.58 bits per heavy atom. The number of phenols is 1. The van der Waals surface area contributed by atoms with Crippen LogP contribution in [0.3, 0.4) is 0 Å². The molecular formula is C21H20F3N3O4. The van der Waals surface area contributed by atoms with Gasteiger partial charge in [0.15, 0.2) is 12.3 Å². The van der Waals surface area contributed by atoms with Crippen LogP contribution < -0.4 is 14.8 Å². The first kappa shape index (κ1) is 22.0. The van der Waals surface area contributed by atoms with Crippen LogP contribution in [0.25, 0.3) is 5.69 Å². The van der Waals surface area contributed by atoms with Crippen LogP contribution in [0, 0.1) is 0 Å². The highest BCUT2D eigenvalue weighted by molar-refractivity contribution is 5.77. The fraction of sp³-hybridized carbons (Fsp3) is 0.238. The number of aromatic hydroxyl groups is 1. The Bertz CT molecular complexity index is 1050. The van der Waals surface area contributed by atoms with Gasteiger partial charge in [-0.3, -0.25) is 4.79 Å². The number of benzene rings is 2. The summed E-state index contributed by atoms with van der Waals surface area (Å²) in [7, 11) is 1.55. The second-order valence-electron chi connectivity index (χ2n) is 6.47. The first-order valence-corrected chi connectivity index (χ1v) is 9.26. The van der Waals surface area contributed by atoms with Crippen LogP contribution in [0.15, 0.2) is 54.6 Å². The van der Waals surface area contributed by atoms with Crippen LogP contribution in [0.5, 0.6) is 17.4 Å². The number of nitrogens with one attached hydrogen (secondary N) is 1. The molecule has 0 aliphatic heterocycles. The highest BCUT2D eigenvalue weighted by Crippen LogP contribution is 2.33. The molecule has 2 aromatic carbocycles. The van der Waals surface area contributed by atoms with E-state index < -0.39 is 24.4 Å². The van der Waals surface area contributed by atoms with Crippen LogP contribution in [0.1, 0.15) is 11.3 Å². The summed E-state index contributed by atoms with van der Waals surface area (Å²) in [6.07, 6.45) is -4.21. The van der Waals surface area contributed by atoms with E-state index in [-0.39, 0.29) is 23.9 Å². The predicted molar refractivity (Wildman–Crippen MR) is 105 cm³/mol. The van der Waals surface area contributed by atoms with Gasteiger partial charge in [0.05, 0.1) is 7.11 Å². The maximum atomic E-state index is 13.1. The summed E-state index contributed by atoms with van der Waals surface area (Å²) >= 11 is 0. The van der Waals surface area contributed by atoms with Crippen LogP contribution >= 0.6 is 0 Å². The van der Waals surface area contributed by atoms with Crippen molar-refractivity contribution in [2.75, 3.05) is 20.3 Å². The van der Waals surface area contributed by atoms with Crippen molar-refractivity contribution in [3.8, 4) is 23.1 Å². The number of amides is 1. The number of aromatic nitrogens is 2. The van der Waals surface area contributed by atoms with Crippen LogP contribution in [0.2, 0.25) is 0 Å². The molecule has 1 heterocycles. The minimum atomic E-state index is -4.72. The summed E-state index contributed by atoms with van der Waals surface area (Å²) in [5.74, 6) is -0.438. The lowest BCUT2D eigenvalue weighted by Gasteiger charge is -2.11. The molecule has 0 aliphatic carbocycles. The molecule has 0 bridgehead atoms. The van der Waals surface area contributed by atoms with E-state index in [4.69, 9.17) is 9.47 Å². The Labute approximate surface area is 176 Å². The van der Waals surface area contributed by atoms with Gasteiger partial charge in [-0.25, -0.2) is 0 Å². The maximum absolute atomic E-state index is 13.1. The fourth-order valence-electron chi connectivity index (χ4n) is 2.86. The zero-order valence-electron chi connectivity index (χ0n) is 16.5.